The molecule has 2 amide bonds. The molecule has 8 heteroatoms. The number of hydrogen-bond donors (Lipinski definition) is 1. The smallest absolute Gasteiger partial charge is 0.243 e. The normalized spacial score (nSPS) is 17.7. The first-order valence-electron chi connectivity index (χ1n) is 11.7. The number of sulfonamides is 1. The van der Waals surface area contributed by atoms with E-state index in [0.29, 0.717) is 43.1 Å². The third kappa shape index (κ3) is 5.81. The van der Waals surface area contributed by atoms with Crippen LogP contribution in [0.1, 0.15) is 50.5 Å². The highest BCUT2D eigenvalue weighted by Gasteiger charge is 2.25. The second kappa shape index (κ2) is 10.5. The molecule has 0 spiro atoms. The minimum Gasteiger partial charge on any atom is -0.326 e. The Hall–Kier alpha value is -2.71. The fourth-order valence-electron chi connectivity index (χ4n) is 4.39. The number of nitrogens with one attached hydrogen (secondary N) is 1. The first-order valence-corrected chi connectivity index (χ1v) is 13.2. The summed E-state index contributed by atoms with van der Waals surface area (Å²) in [4.78, 5) is 26.7. The third-order valence-corrected chi connectivity index (χ3v) is 8.19. The highest BCUT2D eigenvalue weighted by Crippen LogP contribution is 2.24. The fourth-order valence-corrected chi connectivity index (χ4v) is 5.91. The number of aryl methyl sites for hydroxylation is 1. The Morgan fingerprint density at radius 2 is 1.64 bits per heavy atom. The predicted octanol–water partition coefficient (Wildman–Crippen LogP) is 3.95. The van der Waals surface area contributed by atoms with Crippen molar-refractivity contribution in [1.29, 1.82) is 0 Å². The Kier molecular flexibility index (Phi) is 7.45. The van der Waals surface area contributed by atoms with E-state index in [4.69, 9.17) is 0 Å². The van der Waals surface area contributed by atoms with Crippen LogP contribution in [0.25, 0.3) is 0 Å². The number of amides is 2. The highest BCUT2D eigenvalue weighted by atomic mass is 32.2. The van der Waals surface area contributed by atoms with Gasteiger partial charge in [0.2, 0.25) is 21.8 Å². The van der Waals surface area contributed by atoms with Gasteiger partial charge in [-0.2, -0.15) is 4.31 Å². The van der Waals surface area contributed by atoms with Crippen molar-refractivity contribution in [1.82, 2.24) is 4.31 Å². The van der Waals surface area contributed by atoms with Crippen molar-refractivity contribution in [2.45, 2.75) is 56.3 Å². The zero-order valence-electron chi connectivity index (χ0n) is 18.8. The summed E-state index contributed by atoms with van der Waals surface area (Å²) in [5, 5.41) is 2.91. The lowest BCUT2D eigenvalue weighted by molar-refractivity contribution is -0.119. The van der Waals surface area contributed by atoms with Crippen molar-refractivity contribution in [2.75, 3.05) is 29.9 Å². The van der Waals surface area contributed by atoms with Gasteiger partial charge in [-0.3, -0.25) is 9.59 Å². The molecule has 4 rings (SSSR count). The van der Waals surface area contributed by atoms with Gasteiger partial charge in [-0.15, -0.1) is 0 Å². The van der Waals surface area contributed by atoms with Gasteiger partial charge in [0.15, 0.2) is 0 Å². The van der Waals surface area contributed by atoms with Gasteiger partial charge >= 0.3 is 0 Å². The zero-order valence-corrected chi connectivity index (χ0v) is 19.6. The van der Waals surface area contributed by atoms with Crippen molar-refractivity contribution >= 4 is 33.2 Å². The van der Waals surface area contributed by atoms with Gasteiger partial charge in [0.25, 0.3) is 0 Å². The van der Waals surface area contributed by atoms with Gasteiger partial charge in [-0.05, 0) is 68.0 Å². The van der Waals surface area contributed by atoms with Crippen LogP contribution in [0, 0.1) is 0 Å². The molecule has 2 saturated heterocycles. The van der Waals surface area contributed by atoms with Crippen LogP contribution in [0.15, 0.2) is 53.4 Å². The lowest BCUT2D eigenvalue weighted by Crippen LogP contribution is -2.35. The average Bonchev–Trinajstić information content (AvgIpc) is 2.84. The van der Waals surface area contributed by atoms with Gasteiger partial charge in [0.1, 0.15) is 0 Å². The monoisotopic (exact) mass is 469 g/mol. The van der Waals surface area contributed by atoms with Crippen molar-refractivity contribution in [2.24, 2.45) is 0 Å². The minimum absolute atomic E-state index is 0.121. The molecule has 0 saturated carbocycles. The molecule has 7 nitrogen and oxygen atoms in total. The molecule has 2 aromatic rings. The fraction of sp³-hybridized carbons (Fsp3) is 0.440. The summed E-state index contributed by atoms with van der Waals surface area (Å²) >= 11 is 0. The maximum absolute atomic E-state index is 12.8. The number of benzene rings is 2. The SMILES string of the molecule is O=C(CCc1ccc(S(=O)(=O)N2CCCCC2)cc1)Nc1cccc(N2CCCCC2=O)c1. The summed E-state index contributed by atoms with van der Waals surface area (Å²) in [7, 11) is -3.44. The van der Waals surface area contributed by atoms with E-state index in [1.54, 1.807) is 33.5 Å². The maximum Gasteiger partial charge on any atom is 0.243 e. The largest absolute Gasteiger partial charge is 0.326 e. The molecule has 2 aliphatic rings. The molecule has 0 unspecified atom stereocenters. The topological polar surface area (TPSA) is 86.8 Å². The molecule has 2 aliphatic heterocycles. The number of anilines is 2. The number of hydrogen-bond acceptors (Lipinski definition) is 4. The quantitative estimate of drug-likeness (QED) is 0.665. The average molecular weight is 470 g/mol. The van der Waals surface area contributed by atoms with Crippen LogP contribution >= 0.6 is 0 Å². The molecule has 1 N–H and O–H groups in total. The van der Waals surface area contributed by atoms with Crippen LogP contribution in [-0.2, 0) is 26.0 Å². The van der Waals surface area contributed by atoms with Crippen molar-refractivity contribution < 1.29 is 18.0 Å². The molecule has 0 aliphatic carbocycles. The molecule has 176 valence electrons. The lowest BCUT2D eigenvalue weighted by Gasteiger charge is -2.27. The van der Waals surface area contributed by atoms with E-state index in [9.17, 15) is 18.0 Å². The summed E-state index contributed by atoms with van der Waals surface area (Å²) in [6.45, 7) is 1.87. The molecular formula is C25H31N3O4S. The summed E-state index contributed by atoms with van der Waals surface area (Å²) in [5.74, 6) is -0.00221. The Labute approximate surface area is 195 Å². The third-order valence-electron chi connectivity index (χ3n) is 6.28. The van der Waals surface area contributed by atoms with Crippen molar-refractivity contribution in [3.8, 4) is 0 Å². The molecule has 0 aromatic heterocycles. The molecule has 33 heavy (non-hydrogen) atoms. The van der Waals surface area contributed by atoms with E-state index in [1.165, 1.54) is 0 Å². The van der Waals surface area contributed by atoms with Crippen LogP contribution in [0.5, 0.6) is 0 Å². The molecule has 2 aromatic carbocycles. The Bertz CT molecular complexity index is 1090. The van der Waals surface area contributed by atoms with Gasteiger partial charge in [0, 0.05) is 43.9 Å². The van der Waals surface area contributed by atoms with E-state index in [2.05, 4.69) is 5.32 Å². The molecule has 0 bridgehead atoms. The second-order valence-corrected chi connectivity index (χ2v) is 10.6. The number of piperidine rings is 2. The first-order chi connectivity index (χ1) is 15.9. The van der Waals surface area contributed by atoms with Gasteiger partial charge < -0.3 is 10.2 Å². The van der Waals surface area contributed by atoms with Crippen molar-refractivity contribution in [3.63, 3.8) is 0 Å². The van der Waals surface area contributed by atoms with Crippen molar-refractivity contribution in [3.05, 3.63) is 54.1 Å². The number of carbonyl (C=O) groups excluding carboxylic acids is 2. The van der Waals surface area contributed by atoms with Crippen LogP contribution < -0.4 is 10.2 Å². The first kappa shape index (κ1) is 23.4. The van der Waals surface area contributed by atoms with Crippen LogP contribution in [0.2, 0.25) is 0 Å². The zero-order chi connectivity index (χ0) is 23.3. The van der Waals surface area contributed by atoms with E-state index in [-0.39, 0.29) is 18.2 Å². The van der Waals surface area contributed by atoms with E-state index in [1.807, 2.05) is 24.3 Å². The lowest BCUT2D eigenvalue weighted by atomic mass is 10.1. The molecule has 0 radical (unpaired) electrons. The summed E-state index contributed by atoms with van der Waals surface area (Å²) < 4.78 is 27.1. The van der Waals surface area contributed by atoms with Gasteiger partial charge in [0.05, 0.1) is 4.90 Å². The van der Waals surface area contributed by atoms with E-state index < -0.39 is 10.0 Å². The van der Waals surface area contributed by atoms with Crippen LogP contribution in [0.3, 0.4) is 0 Å². The maximum atomic E-state index is 12.8. The summed E-state index contributed by atoms with van der Waals surface area (Å²) in [5.41, 5.74) is 2.39. The number of rotatable bonds is 7. The summed E-state index contributed by atoms with van der Waals surface area (Å²) in [6.07, 6.45) is 6.17. The van der Waals surface area contributed by atoms with Crippen LogP contribution in [0.4, 0.5) is 11.4 Å². The van der Waals surface area contributed by atoms with Gasteiger partial charge in [-0.1, -0.05) is 24.6 Å². The molecule has 2 fully saturated rings. The van der Waals surface area contributed by atoms with E-state index in [0.717, 1.165) is 43.4 Å². The van der Waals surface area contributed by atoms with E-state index >= 15 is 0 Å². The second-order valence-electron chi connectivity index (χ2n) is 8.71. The number of carbonyl (C=O) groups is 2. The Morgan fingerprint density at radius 1 is 0.909 bits per heavy atom. The van der Waals surface area contributed by atoms with Gasteiger partial charge in [-0.25, -0.2) is 8.42 Å². The summed E-state index contributed by atoms with van der Waals surface area (Å²) in [6, 6.07) is 14.2. The Balaban J connectivity index is 1.32. The molecule has 0 atom stereocenters. The highest BCUT2D eigenvalue weighted by molar-refractivity contribution is 7.89. The molecule has 2 heterocycles. The molecular weight excluding hydrogens is 438 g/mol. The Morgan fingerprint density at radius 3 is 2.36 bits per heavy atom. The minimum atomic E-state index is -3.44. The standard InChI is InChI=1S/C25H31N3O4S/c29-24(26-21-7-6-8-22(19-21)28-18-5-2-9-25(28)30)15-12-20-10-13-23(14-11-20)33(31,32)27-16-3-1-4-17-27/h6-8,10-11,13-14,19H,1-5,9,12,15-18H2,(H,26,29). The predicted molar refractivity (Wildman–Crippen MR) is 129 cm³/mol. The van der Waals surface area contributed by atoms with Crippen LogP contribution in [-0.4, -0.2) is 44.2 Å². The number of nitrogens with zero attached hydrogens (tertiary/aromatic N) is 2.